The Morgan fingerprint density at radius 1 is 1.15 bits per heavy atom. The molecule has 2 heterocycles. The van der Waals surface area contributed by atoms with Gasteiger partial charge in [-0.3, -0.25) is 9.59 Å². The summed E-state index contributed by atoms with van der Waals surface area (Å²) in [5.41, 5.74) is 8.04. The van der Waals surface area contributed by atoms with Crippen LogP contribution in [0, 0.1) is 5.92 Å². The summed E-state index contributed by atoms with van der Waals surface area (Å²) in [6.07, 6.45) is 6.17. The lowest BCUT2D eigenvalue weighted by atomic mass is 9.77. The second-order valence-electron chi connectivity index (χ2n) is 10.1. The highest BCUT2D eigenvalue weighted by Crippen LogP contribution is 2.38. The van der Waals surface area contributed by atoms with Gasteiger partial charge in [0.1, 0.15) is 24.3 Å². The van der Waals surface area contributed by atoms with Crippen LogP contribution in [0.5, 0.6) is 5.88 Å². The number of amides is 2. The number of hydrogen-bond acceptors (Lipinski definition) is 6. The largest absolute Gasteiger partial charge is 0.475 e. The number of ether oxygens (including phenoxy) is 1. The molecule has 1 aliphatic heterocycles. The van der Waals surface area contributed by atoms with E-state index in [1.807, 2.05) is 32.9 Å². The normalized spacial score (nSPS) is 21.1. The van der Waals surface area contributed by atoms with E-state index in [0.29, 0.717) is 31.4 Å². The van der Waals surface area contributed by atoms with Gasteiger partial charge in [-0.2, -0.15) is 0 Å². The number of carbonyl (C=O) groups excluding carboxylic acids is 2. The van der Waals surface area contributed by atoms with Crippen LogP contribution in [-0.4, -0.2) is 40.5 Å². The number of nitrogen functional groups attached to an aromatic ring is 1. The highest BCUT2D eigenvalue weighted by atomic mass is 16.5. The van der Waals surface area contributed by atoms with E-state index < -0.39 is 0 Å². The van der Waals surface area contributed by atoms with Crippen molar-refractivity contribution < 1.29 is 14.3 Å². The first-order chi connectivity index (χ1) is 15.7. The van der Waals surface area contributed by atoms with Crippen LogP contribution in [0.15, 0.2) is 30.6 Å². The predicted octanol–water partition coefficient (Wildman–Crippen LogP) is 3.68. The zero-order chi connectivity index (χ0) is 23.6. The van der Waals surface area contributed by atoms with E-state index in [1.54, 1.807) is 4.90 Å². The van der Waals surface area contributed by atoms with Gasteiger partial charge in [-0.25, -0.2) is 9.97 Å². The SMILES string of the molecule is CC(C)(C)NC(=O)CC1CCC(c2ccc(N3CCOc4ncnc(N)c4C3=O)cc2)CC1. The highest BCUT2D eigenvalue weighted by Gasteiger charge is 2.29. The van der Waals surface area contributed by atoms with E-state index in [2.05, 4.69) is 27.4 Å². The van der Waals surface area contributed by atoms with Crippen LogP contribution < -0.4 is 20.7 Å². The van der Waals surface area contributed by atoms with Gasteiger partial charge in [0.2, 0.25) is 11.8 Å². The molecule has 1 fully saturated rings. The Kier molecular flexibility index (Phi) is 6.54. The van der Waals surface area contributed by atoms with Crippen LogP contribution in [0.2, 0.25) is 0 Å². The topological polar surface area (TPSA) is 110 Å². The molecule has 1 saturated carbocycles. The molecule has 176 valence electrons. The summed E-state index contributed by atoms with van der Waals surface area (Å²) in [5.74, 6) is 1.19. The summed E-state index contributed by atoms with van der Waals surface area (Å²) in [5, 5.41) is 3.07. The number of nitrogens with one attached hydrogen (secondary N) is 1. The third-order valence-corrected chi connectivity index (χ3v) is 6.37. The summed E-state index contributed by atoms with van der Waals surface area (Å²) in [6.45, 7) is 6.79. The first kappa shape index (κ1) is 23.0. The molecule has 3 N–H and O–H groups in total. The van der Waals surface area contributed by atoms with Crippen LogP contribution in [0.25, 0.3) is 0 Å². The quantitative estimate of drug-likeness (QED) is 0.734. The number of nitrogens with two attached hydrogens (primary N) is 1. The first-order valence-electron chi connectivity index (χ1n) is 11.7. The molecule has 4 rings (SSSR count). The van der Waals surface area contributed by atoms with Crippen molar-refractivity contribution in [1.82, 2.24) is 15.3 Å². The van der Waals surface area contributed by atoms with Crippen molar-refractivity contribution >= 4 is 23.3 Å². The average molecular weight is 452 g/mol. The molecule has 2 aromatic rings. The number of anilines is 2. The monoisotopic (exact) mass is 451 g/mol. The fraction of sp³-hybridized carbons (Fsp3) is 0.520. The molecule has 8 heteroatoms. The van der Waals surface area contributed by atoms with E-state index in [9.17, 15) is 9.59 Å². The number of aromatic nitrogens is 2. The maximum absolute atomic E-state index is 13.1. The maximum atomic E-state index is 13.1. The Labute approximate surface area is 194 Å². The molecule has 0 radical (unpaired) electrons. The average Bonchev–Trinajstić information content (AvgIpc) is 2.93. The van der Waals surface area contributed by atoms with Crippen LogP contribution in [0.4, 0.5) is 11.5 Å². The minimum Gasteiger partial charge on any atom is -0.475 e. The summed E-state index contributed by atoms with van der Waals surface area (Å²) in [6, 6.07) is 8.19. The molecule has 8 nitrogen and oxygen atoms in total. The van der Waals surface area contributed by atoms with Crippen molar-refractivity contribution in [3.05, 3.63) is 41.7 Å². The number of rotatable bonds is 4. The second kappa shape index (κ2) is 9.37. The number of carbonyl (C=O) groups is 2. The van der Waals surface area contributed by atoms with Crippen molar-refractivity contribution in [2.24, 2.45) is 5.92 Å². The van der Waals surface area contributed by atoms with Gasteiger partial charge in [0.15, 0.2) is 0 Å². The molecule has 1 aromatic carbocycles. The molecule has 0 saturated heterocycles. The van der Waals surface area contributed by atoms with Gasteiger partial charge >= 0.3 is 0 Å². The van der Waals surface area contributed by atoms with Gasteiger partial charge in [0.05, 0.1) is 6.54 Å². The van der Waals surface area contributed by atoms with Gasteiger partial charge < -0.3 is 20.7 Å². The van der Waals surface area contributed by atoms with E-state index in [-0.39, 0.29) is 34.6 Å². The van der Waals surface area contributed by atoms with Gasteiger partial charge in [-0.05, 0) is 76.0 Å². The summed E-state index contributed by atoms with van der Waals surface area (Å²) < 4.78 is 5.61. The molecular weight excluding hydrogens is 418 g/mol. The third-order valence-electron chi connectivity index (χ3n) is 6.37. The van der Waals surface area contributed by atoms with Crippen molar-refractivity contribution in [2.45, 2.75) is 64.3 Å². The Balaban J connectivity index is 1.38. The zero-order valence-electron chi connectivity index (χ0n) is 19.6. The van der Waals surface area contributed by atoms with Crippen LogP contribution in [0.3, 0.4) is 0 Å². The van der Waals surface area contributed by atoms with E-state index in [4.69, 9.17) is 10.5 Å². The summed E-state index contributed by atoms with van der Waals surface area (Å²) in [4.78, 5) is 35.0. The zero-order valence-corrected chi connectivity index (χ0v) is 19.6. The van der Waals surface area contributed by atoms with Crippen molar-refractivity contribution in [2.75, 3.05) is 23.8 Å². The molecular formula is C25H33N5O3. The van der Waals surface area contributed by atoms with Gasteiger partial charge in [-0.1, -0.05) is 12.1 Å². The Bertz CT molecular complexity index is 1010. The van der Waals surface area contributed by atoms with Crippen molar-refractivity contribution in [3.63, 3.8) is 0 Å². The second-order valence-corrected chi connectivity index (χ2v) is 10.1. The molecule has 0 atom stereocenters. The predicted molar refractivity (Wildman–Crippen MR) is 127 cm³/mol. The number of hydrogen-bond donors (Lipinski definition) is 2. The van der Waals surface area contributed by atoms with Gasteiger partial charge in [-0.15, -0.1) is 0 Å². The molecule has 1 aliphatic carbocycles. The van der Waals surface area contributed by atoms with Crippen molar-refractivity contribution in [1.29, 1.82) is 0 Å². The van der Waals surface area contributed by atoms with Crippen molar-refractivity contribution in [3.8, 4) is 5.88 Å². The molecule has 0 unspecified atom stereocenters. The van der Waals surface area contributed by atoms with E-state index in [0.717, 1.165) is 31.4 Å². The lowest BCUT2D eigenvalue weighted by Gasteiger charge is -2.30. The first-order valence-corrected chi connectivity index (χ1v) is 11.7. The summed E-state index contributed by atoms with van der Waals surface area (Å²) >= 11 is 0. The van der Waals surface area contributed by atoms with Crippen LogP contribution in [-0.2, 0) is 4.79 Å². The number of fused-ring (bicyclic) bond motifs is 1. The maximum Gasteiger partial charge on any atom is 0.267 e. The Morgan fingerprint density at radius 2 is 1.85 bits per heavy atom. The highest BCUT2D eigenvalue weighted by molar-refractivity contribution is 6.10. The molecule has 0 spiro atoms. The van der Waals surface area contributed by atoms with Crippen LogP contribution in [0.1, 0.15) is 74.7 Å². The smallest absolute Gasteiger partial charge is 0.267 e. The van der Waals surface area contributed by atoms with Crippen LogP contribution >= 0.6 is 0 Å². The Morgan fingerprint density at radius 3 is 2.52 bits per heavy atom. The fourth-order valence-corrected chi connectivity index (χ4v) is 4.77. The number of nitrogens with zero attached hydrogens (tertiary/aromatic N) is 3. The Hall–Kier alpha value is -3.16. The van der Waals surface area contributed by atoms with Gasteiger partial charge in [0, 0.05) is 17.6 Å². The lowest BCUT2D eigenvalue weighted by molar-refractivity contribution is -0.123. The fourth-order valence-electron chi connectivity index (χ4n) is 4.77. The van der Waals surface area contributed by atoms with E-state index in [1.165, 1.54) is 11.9 Å². The number of benzene rings is 1. The third kappa shape index (κ3) is 5.43. The molecule has 1 aromatic heterocycles. The molecule has 0 bridgehead atoms. The molecule has 2 amide bonds. The molecule has 2 aliphatic rings. The lowest BCUT2D eigenvalue weighted by Crippen LogP contribution is -2.41. The standard InChI is InChI=1S/C25H33N5O3/c1-25(2,3)29-20(31)14-16-4-6-17(7-5-16)18-8-10-19(11-9-18)30-12-13-33-23-21(24(30)32)22(26)27-15-28-23/h8-11,15-17H,4-7,12-14H2,1-3H3,(H,29,31)(H2,26,27,28). The summed E-state index contributed by atoms with van der Waals surface area (Å²) in [7, 11) is 0. The van der Waals surface area contributed by atoms with E-state index >= 15 is 0 Å². The minimum atomic E-state index is -0.248. The minimum absolute atomic E-state index is 0.126. The van der Waals surface area contributed by atoms with Gasteiger partial charge in [0.25, 0.3) is 5.91 Å². The molecule has 33 heavy (non-hydrogen) atoms.